The molecule has 2 aromatic rings. The summed E-state index contributed by atoms with van der Waals surface area (Å²) in [7, 11) is 0. The number of anilines is 1. The van der Waals surface area contributed by atoms with Crippen molar-refractivity contribution in [2.45, 2.75) is 0 Å². The molecule has 19 heavy (non-hydrogen) atoms. The minimum atomic E-state index is -0.567. The van der Waals surface area contributed by atoms with Crippen LogP contribution in [0.1, 0.15) is 15.9 Å². The van der Waals surface area contributed by atoms with Gasteiger partial charge in [-0.25, -0.2) is 4.39 Å². The van der Waals surface area contributed by atoms with E-state index in [0.717, 1.165) is 12.1 Å². The normalized spacial score (nSPS) is 11.3. The lowest BCUT2D eigenvalue weighted by Crippen LogP contribution is -2.19. The Morgan fingerprint density at radius 1 is 1.53 bits per heavy atom. The maximum absolute atomic E-state index is 13.1. The lowest BCUT2D eigenvalue weighted by atomic mass is 10.1. The molecule has 0 aliphatic carbocycles. The van der Waals surface area contributed by atoms with Gasteiger partial charge in [0.2, 0.25) is 0 Å². The maximum Gasteiger partial charge on any atom is 0.258 e. The first kappa shape index (κ1) is 12.6. The van der Waals surface area contributed by atoms with E-state index in [4.69, 9.17) is 10.9 Å². The van der Waals surface area contributed by atoms with Crippen molar-refractivity contribution in [1.29, 1.82) is 0 Å². The van der Waals surface area contributed by atoms with E-state index in [1.807, 2.05) is 0 Å². The summed E-state index contributed by atoms with van der Waals surface area (Å²) in [5.74, 6) is -1.32. The Labute approximate surface area is 106 Å². The van der Waals surface area contributed by atoms with Gasteiger partial charge in [0.25, 0.3) is 5.91 Å². The van der Waals surface area contributed by atoms with Gasteiger partial charge in [-0.2, -0.15) is 5.10 Å². The van der Waals surface area contributed by atoms with E-state index < -0.39 is 11.7 Å². The summed E-state index contributed by atoms with van der Waals surface area (Å²) < 4.78 is 13.1. The molecule has 5 N–H and O–H groups in total. The Morgan fingerprint density at radius 2 is 2.32 bits per heavy atom. The Hall–Kier alpha value is -2.90. The number of amidine groups is 1. The van der Waals surface area contributed by atoms with Crippen LogP contribution in [0.4, 0.5) is 10.1 Å². The van der Waals surface area contributed by atoms with Gasteiger partial charge in [0.1, 0.15) is 5.82 Å². The molecule has 0 atom stereocenters. The van der Waals surface area contributed by atoms with Gasteiger partial charge in [-0.05, 0) is 18.2 Å². The molecule has 7 nitrogen and oxygen atoms in total. The number of oxime groups is 1. The van der Waals surface area contributed by atoms with Crippen molar-refractivity contribution in [3.63, 3.8) is 0 Å². The Kier molecular flexibility index (Phi) is 3.42. The van der Waals surface area contributed by atoms with Crippen LogP contribution >= 0.6 is 0 Å². The molecule has 0 radical (unpaired) electrons. The molecular formula is C11H10FN5O2. The van der Waals surface area contributed by atoms with E-state index in [2.05, 4.69) is 20.7 Å². The highest BCUT2D eigenvalue weighted by Crippen LogP contribution is 2.17. The summed E-state index contributed by atoms with van der Waals surface area (Å²) in [6, 6.07) is 3.53. The van der Waals surface area contributed by atoms with E-state index in [1.54, 1.807) is 0 Å². The van der Waals surface area contributed by atoms with Crippen molar-refractivity contribution in [2.75, 3.05) is 5.32 Å². The molecule has 0 saturated heterocycles. The fourth-order valence-electron chi connectivity index (χ4n) is 1.46. The number of hydrogen-bond acceptors (Lipinski definition) is 4. The van der Waals surface area contributed by atoms with Crippen molar-refractivity contribution in [3.05, 3.63) is 47.5 Å². The van der Waals surface area contributed by atoms with Crippen molar-refractivity contribution in [3.8, 4) is 0 Å². The zero-order valence-electron chi connectivity index (χ0n) is 9.59. The van der Waals surface area contributed by atoms with E-state index in [-0.39, 0.29) is 17.1 Å². The Balaban J connectivity index is 2.32. The number of H-pyrrole nitrogens is 1. The smallest absolute Gasteiger partial charge is 0.258 e. The second kappa shape index (κ2) is 5.17. The van der Waals surface area contributed by atoms with Crippen LogP contribution in [-0.2, 0) is 0 Å². The van der Waals surface area contributed by atoms with Gasteiger partial charge >= 0.3 is 0 Å². The lowest BCUT2D eigenvalue weighted by Gasteiger charge is -2.09. The second-order valence-electron chi connectivity index (χ2n) is 3.62. The highest BCUT2D eigenvalue weighted by atomic mass is 19.1. The number of nitrogens with two attached hydrogens (primary N) is 1. The summed E-state index contributed by atoms with van der Waals surface area (Å²) in [4.78, 5) is 11.8. The standard InChI is InChI=1S/C11H10FN5O2/c12-7-1-2-9(8(3-7)10(13)17-19)16-11(18)6-4-14-15-5-6/h1-5,19H,(H2,13,17)(H,14,15)(H,16,18). The van der Waals surface area contributed by atoms with Crippen LogP contribution in [0.5, 0.6) is 0 Å². The maximum atomic E-state index is 13.1. The molecule has 0 aliphatic heterocycles. The first-order valence-electron chi connectivity index (χ1n) is 5.19. The first-order chi connectivity index (χ1) is 9.11. The third kappa shape index (κ3) is 2.68. The Morgan fingerprint density at radius 3 is 2.95 bits per heavy atom. The van der Waals surface area contributed by atoms with Crippen LogP contribution in [0.3, 0.4) is 0 Å². The number of aromatic amines is 1. The number of nitrogens with zero attached hydrogens (tertiary/aromatic N) is 2. The first-order valence-corrected chi connectivity index (χ1v) is 5.19. The fourth-order valence-corrected chi connectivity index (χ4v) is 1.46. The average molecular weight is 263 g/mol. The number of rotatable bonds is 3. The van der Waals surface area contributed by atoms with Crippen LogP contribution in [0.15, 0.2) is 35.7 Å². The van der Waals surface area contributed by atoms with Gasteiger partial charge in [-0.15, -0.1) is 0 Å². The monoisotopic (exact) mass is 263 g/mol. The van der Waals surface area contributed by atoms with Gasteiger partial charge in [-0.3, -0.25) is 9.89 Å². The van der Waals surface area contributed by atoms with Crippen molar-refractivity contribution < 1.29 is 14.4 Å². The minimum Gasteiger partial charge on any atom is -0.409 e. The third-order valence-electron chi connectivity index (χ3n) is 2.37. The van der Waals surface area contributed by atoms with Gasteiger partial charge in [-0.1, -0.05) is 5.16 Å². The number of carbonyl (C=O) groups is 1. The molecular weight excluding hydrogens is 253 g/mol. The van der Waals surface area contributed by atoms with Crippen LogP contribution in [-0.4, -0.2) is 27.1 Å². The molecule has 0 fully saturated rings. The van der Waals surface area contributed by atoms with Gasteiger partial charge in [0, 0.05) is 11.8 Å². The van der Waals surface area contributed by atoms with Crippen molar-refractivity contribution >= 4 is 17.4 Å². The van der Waals surface area contributed by atoms with E-state index >= 15 is 0 Å². The molecule has 0 spiro atoms. The molecule has 0 saturated carbocycles. The molecule has 8 heteroatoms. The minimum absolute atomic E-state index is 0.0827. The van der Waals surface area contributed by atoms with Crippen LogP contribution in [0.25, 0.3) is 0 Å². The quantitative estimate of drug-likeness (QED) is 0.285. The van der Waals surface area contributed by atoms with Crippen molar-refractivity contribution in [1.82, 2.24) is 10.2 Å². The van der Waals surface area contributed by atoms with E-state index in [1.165, 1.54) is 18.5 Å². The molecule has 2 rings (SSSR count). The largest absolute Gasteiger partial charge is 0.409 e. The van der Waals surface area contributed by atoms with E-state index in [9.17, 15) is 9.18 Å². The van der Waals surface area contributed by atoms with Crippen LogP contribution < -0.4 is 11.1 Å². The van der Waals surface area contributed by atoms with Crippen LogP contribution in [0, 0.1) is 5.82 Å². The van der Waals surface area contributed by atoms with E-state index in [0.29, 0.717) is 5.56 Å². The zero-order chi connectivity index (χ0) is 13.8. The predicted octanol–water partition coefficient (Wildman–Crippen LogP) is 0.896. The third-order valence-corrected chi connectivity index (χ3v) is 2.37. The summed E-state index contributed by atoms with van der Waals surface area (Å²) >= 11 is 0. The van der Waals surface area contributed by atoms with Crippen LogP contribution in [0.2, 0.25) is 0 Å². The number of nitrogens with one attached hydrogen (secondary N) is 2. The predicted molar refractivity (Wildman–Crippen MR) is 65.5 cm³/mol. The number of benzene rings is 1. The summed E-state index contributed by atoms with van der Waals surface area (Å²) in [6.07, 6.45) is 2.74. The average Bonchev–Trinajstić information content (AvgIpc) is 2.94. The SMILES string of the molecule is N/C(=N/O)c1cc(F)ccc1NC(=O)c1cn[nH]c1. The van der Waals surface area contributed by atoms with Gasteiger partial charge < -0.3 is 16.3 Å². The molecule has 0 aliphatic rings. The molecule has 0 bridgehead atoms. The molecule has 0 unspecified atom stereocenters. The lowest BCUT2D eigenvalue weighted by molar-refractivity contribution is 0.102. The molecule has 1 amide bonds. The van der Waals surface area contributed by atoms with Gasteiger partial charge in [0.15, 0.2) is 5.84 Å². The summed E-state index contributed by atoms with van der Waals surface area (Å²) in [5, 5.41) is 20.1. The molecule has 98 valence electrons. The summed E-state index contributed by atoms with van der Waals surface area (Å²) in [6.45, 7) is 0. The highest BCUT2D eigenvalue weighted by Gasteiger charge is 2.13. The van der Waals surface area contributed by atoms with Gasteiger partial charge in [0.05, 0.1) is 17.4 Å². The summed E-state index contributed by atoms with van der Waals surface area (Å²) in [5.41, 5.74) is 6.03. The number of halogens is 1. The number of amides is 1. The molecule has 1 heterocycles. The molecule has 1 aromatic carbocycles. The van der Waals surface area contributed by atoms with Crippen molar-refractivity contribution in [2.24, 2.45) is 10.9 Å². The number of aromatic nitrogens is 2. The highest BCUT2D eigenvalue weighted by molar-refractivity contribution is 6.09. The zero-order valence-corrected chi connectivity index (χ0v) is 9.59. The Bertz CT molecular complexity index is 624. The second-order valence-corrected chi connectivity index (χ2v) is 3.62. The number of carbonyl (C=O) groups excluding carboxylic acids is 1. The number of hydrogen-bond donors (Lipinski definition) is 4. The fraction of sp³-hybridized carbons (Fsp3) is 0. The topological polar surface area (TPSA) is 116 Å². The molecule has 1 aromatic heterocycles.